The highest BCUT2D eigenvalue weighted by atomic mass is 32.1. The van der Waals surface area contributed by atoms with Crippen molar-refractivity contribution in [3.63, 3.8) is 0 Å². The summed E-state index contributed by atoms with van der Waals surface area (Å²) < 4.78 is 5.80. The van der Waals surface area contributed by atoms with E-state index in [1.165, 1.54) is 12.8 Å². The highest BCUT2D eigenvalue weighted by molar-refractivity contribution is 7.09. The number of amides is 1. The zero-order valence-electron chi connectivity index (χ0n) is 13.6. The number of carbonyl (C=O) groups excluding carboxylic acids is 1. The van der Waals surface area contributed by atoms with Crippen LogP contribution in [0.2, 0.25) is 0 Å². The second-order valence-electron chi connectivity index (χ2n) is 6.82. The van der Waals surface area contributed by atoms with Gasteiger partial charge in [0.2, 0.25) is 5.91 Å². The lowest BCUT2D eigenvalue weighted by Crippen LogP contribution is -2.44. The van der Waals surface area contributed by atoms with Crippen LogP contribution in [-0.4, -0.2) is 23.1 Å². The second-order valence-corrected chi connectivity index (χ2v) is 7.67. The van der Waals surface area contributed by atoms with Gasteiger partial charge in [0.1, 0.15) is 5.01 Å². The molecule has 3 rings (SSSR count). The summed E-state index contributed by atoms with van der Waals surface area (Å²) in [4.78, 5) is 17.1. The zero-order valence-corrected chi connectivity index (χ0v) is 14.4. The molecule has 4 nitrogen and oxygen atoms in total. The van der Waals surface area contributed by atoms with Crippen LogP contribution in [0.25, 0.3) is 0 Å². The summed E-state index contributed by atoms with van der Waals surface area (Å²) in [5, 5.41) is 6.47. The summed E-state index contributed by atoms with van der Waals surface area (Å²) in [7, 11) is 0. The number of nitrogens with one attached hydrogen (secondary N) is 1. The smallest absolute Gasteiger partial charge is 0.220 e. The third-order valence-electron chi connectivity index (χ3n) is 4.88. The number of rotatable bonds is 5. The summed E-state index contributed by atoms with van der Waals surface area (Å²) in [6.45, 7) is 4.13. The van der Waals surface area contributed by atoms with Gasteiger partial charge in [0.15, 0.2) is 0 Å². The monoisotopic (exact) mass is 322 g/mol. The molecular formula is C17H26N2O2S. The Balaban J connectivity index is 1.58. The first kappa shape index (κ1) is 15.9. The van der Waals surface area contributed by atoms with Crippen molar-refractivity contribution >= 4 is 17.2 Å². The van der Waals surface area contributed by atoms with E-state index in [-0.39, 0.29) is 17.6 Å². The van der Waals surface area contributed by atoms with Crippen molar-refractivity contribution in [2.75, 3.05) is 0 Å². The largest absolute Gasteiger partial charge is 0.375 e. The minimum Gasteiger partial charge on any atom is -0.375 e. The summed E-state index contributed by atoms with van der Waals surface area (Å²) >= 11 is 1.68. The second kappa shape index (κ2) is 6.67. The summed E-state index contributed by atoms with van der Waals surface area (Å²) in [5.41, 5.74) is 0.841. The molecule has 0 unspecified atom stereocenters. The van der Waals surface area contributed by atoms with Crippen LogP contribution in [0.15, 0.2) is 5.38 Å². The SMILES string of the molecule is Cc1csc(C2(NC(=O)CC[C@H]3CC[C@H](C)O3)CCCC2)n1. The molecule has 2 aliphatic rings. The van der Waals surface area contributed by atoms with Gasteiger partial charge in [0.05, 0.1) is 17.7 Å². The van der Waals surface area contributed by atoms with Gasteiger partial charge in [-0.05, 0) is 46.0 Å². The number of nitrogens with zero attached hydrogens (tertiary/aromatic N) is 1. The lowest BCUT2D eigenvalue weighted by atomic mass is 9.97. The maximum absolute atomic E-state index is 12.4. The quantitative estimate of drug-likeness (QED) is 0.899. The lowest BCUT2D eigenvalue weighted by molar-refractivity contribution is -0.123. The molecule has 2 heterocycles. The van der Waals surface area contributed by atoms with Crippen molar-refractivity contribution < 1.29 is 9.53 Å². The number of hydrogen-bond donors (Lipinski definition) is 1. The van der Waals surface area contributed by atoms with Gasteiger partial charge in [-0.1, -0.05) is 12.8 Å². The van der Waals surface area contributed by atoms with Crippen molar-refractivity contribution in [1.29, 1.82) is 0 Å². The van der Waals surface area contributed by atoms with Gasteiger partial charge >= 0.3 is 0 Å². The molecule has 1 aliphatic heterocycles. The third-order valence-corrected chi connectivity index (χ3v) is 6.04. The van der Waals surface area contributed by atoms with Crippen molar-refractivity contribution in [1.82, 2.24) is 10.3 Å². The Morgan fingerprint density at radius 1 is 1.45 bits per heavy atom. The topological polar surface area (TPSA) is 51.2 Å². The normalized spacial score (nSPS) is 27.2. The fraction of sp³-hybridized carbons (Fsp3) is 0.765. The maximum Gasteiger partial charge on any atom is 0.220 e. The fourth-order valence-corrected chi connectivity index (χ4v) is 4.68. The molecule has 1 aromatic rings. The molecular weight excluding hydrogens is 296 g/mol. The standard InChI is InChI=1S/C17H26N2O2S/c1-12-11-22-16(18-12)17(9-3-4-10-17)19-15(20)8-7-14-6-5-13(2)21-14/h11,13-14H,3-10H2,1-2H3,(H,19,20)/t13-,14+/m0/s1. The van der Waals surface area contributed by atoms with Gasteiger partial charge in [0, 0.05) is 17.5 Å². The number of hydrogen-bond acceptors (Lipinski definition) is 4. The van der Waals surface area contributed by atoms with Crippen LogP contribution in [0.1, 0.15) is 69.0 Å². The Labute approximate surface area is 136 Å². The average Bonchev–Trinajstić information content (AvgIpc) is 3.19. The van der Waals surface area contributed by atoms with Crippen molar-refractivity contribution in [3.05, 3.63) is 16.1 Å². The Morgan fingerprint density at radius 3 is 2.82 bits per heavy atom. The Bertz CT molecular complexity index is 522. The fourth-order valence-electron chi connectivity index (χ4n) is 3.66. The van der Waals surface area contributed by atoms with E-state index in [4.69, 9.17) is 4.74 Å². The van der Waals surface area contributed by atoms with E-state index >= 15 is 0 Å². The van der Waals surface area contributed by atoms with Crippen LogP contribution >= 0.6 is 11.3 Å². The van der Waals surface area contributed by atoms with Gasteiger partial charge in [-0.25, -0.2) is 4.98 Å². The molecule has 1 saturated heterocycles. The van der Waals surface area contributed by atoms with E-state index in [0.29, 0.717) is 12.5 Å². The molecule has 122 valence electrons. The first-order valence-electron chi connectivity index (χ1n) is 8.46. The molecule has 0 aromatic carbocycles. The van der Waals surface area contributed by atoms with Crippen molar-refractivity contribution in [3.8, 4) is 0 Å². The average molecular weight is 322 g/mol. The van der Waals surface area contributed by atoms with Crippen LogP contribution in [0.3, 0.4) is 0 Å². The lowest BCUT2D eigenvalue weighted by Gasteiger charge is -2.28. The van der Waals surface area contributed by atoms with Crippen molar-refractivity contribution in [2.24, 2.45) is 0 Å². The van der Waals surface area contributed by atoms with Crippen LogP contribution in [0.4, 0.5) is 0 Å². The maximum atomic E-state index is 12.4. The van der Waals surface area contributed by atoms with E-state index in [2.05, 4.69) is 22.6 Å². The number of thiazole rings is 1. The van der Waals surface area contributed by atoms with Crippen molar-refractivity contribution in [2.45, 2.75) is 83.0 Å². The molecule has 5 heteroatoms. The summed E-state index contributed by atoms with van der Waals surface area (Å²) in [5.74, 6) is 0.151. The Hall–Kier alpha value is -0.940. The van der Waals surface area contributed by atoms with E-state index in [1.54, 1.807) is 11.3 Å². The van der Waals surface area contributed by atoms with Gasteiger partial charge in [-0.3, -0.25) is 4.79 Å². The third kappa shape index (κ3) is 3.51. The molecule has 0 spiro atoms. The first-order valence-corrected chi connectivity index (χ1v) is 9.34. The minimum atomic E-state index is -0.208. The molecule has 1 saturated carbocycles. The molecule has 0 bridgehead atoms. The molecule has 1 N–H and O–H groups in total. The molecule has 22 heavy (non-hydrogen) atoms. The number of ether oxygens (including phenoxy) is 1. The summed E-state index contributed by atoms with van der Waals surface area (Å²) in [6.07, 6.45) is 8.59. The Morgan fingerprint density at radius 2 is 2.23 bits per heavy atom. The predicted octanol–water partition coefficient (Wildman–Crippen LogP) is 3.68. The first-order chi connectivity index (χ1) is 10.6. The van der Waals surface area contributed by atoms with Gasteiger partial charge < -0.3 is 10.1 Å². The van der Waals surface area contributed by atoms with E-state index in [0.717, 1.165) is 42.8 Å². The van der Waals surface area contributed by atoms with Crippen LogP contribution in [0, 0.1) is 6.92 Å². The highest BCUT2D eigenvalue weighted by Gasteiger charge is 2.39. The van der Waals surface area contributed by atoms with E-state index < -0.39 is 0 Å². The molecule has 1 aromatic heterocycles. The van der Waals surface area contributed by atoms with Gasteiger partial charge in [-0.2, -0.15) is 0 Å². The molecule has 1 aliphatic carbocycles. The minimum absolute atomic E-state index is 0.151. The predicted molar refractivity (Wildman–Crippen MR) is 87.9 cm³/mol. The van der Waals surface area contributed by atoms with E-state index in [1.807, 2.05) is 6.92 Å². The molecule has 1 amide bonds. The zero-order chi connectivity index (χ0) is 15.6. The van der Waals surface area contributed by atoms with Crippen LogP contribution < -0.4 is 5.32 Å². The van der Waals surface area contributed by atoms with Gasteiger partial charge in [-0.15, -0.1) is 11.3 Å². The Kier molecular flexibility index (Phi) is 4.83. The van der Waals surface area contributed by atoms with E-state index in [9.17, 15) is 4.79 Å². The number of aryl methyl sites for hydroxylation is 1. The molecule has 0 radical (unpaired) electrons. The highest BCUT2D eigenvalue weighted by Crippen LogP contribution is 2.40. The summed E-state index contributed by atoms with van der Waals surface area (Å²) in [6, 6.07) is 0. The van der Waals surface area contributed by atoms with Crippen LogP contribution in [0.5, 0.6) is 0 Å². The molecule has 2 fully saturated rings. The number of aromatic nitrogens is 1. The number of carbonyl (C=O) groups is 1. The molecule has 2 atom stereocenters. The van der Waals surface area contributed by atoms with Crippen LogP contribution in [-0.2, 0) is 15.1 Å². The van der Waals surface area contributed by atoms with Gasteiger partial charge in [0.25, 0.3) is 0 Å².